The molecule has 2 aromatic carbocycles. The molecule has 4 rings (SSSR count). The van der Waals surface area contributed by atoms with Crippen LogP contribution in [0.1, 0.15) is 29.5 Å². The van der Waals surface area contributed by atoms with Crippen LogP contribution in [0.5, 0.6) is 0 Å². The van der Waals surface area contributed by atoms with Crippen LogP contribution in [-0.2, 0) is 28.9 Å². The van der Waals surface area contributed by atoms with Gasteiger partial charge in [-0.15, -0.1) is 0 Å². The Morgan fingerprint density at radius 2 is 1.88 bits per heavy atom. The van der Waals surface area contributed by atoms with Gasteiger partial charge in [0.2, 0.25) is 5.91 Å². The van der Waals surface area contributed by atoms with E-state index in [4.69, 9.17) is 0 Å². The first-order valence-corrected chi connectivity index (χ1v) is 9.08. The standard InChI is InChI=1S/C21H21FN2O2/c22-18-7-2-1-4-15(18)10-11-24-20(25)13-19(21(24)26)23-17-9-8-14-5-3-6-16(14)12-17/h1-2,4,7-9,12,19,23H,3,5-6,10-11,13H2. The van der Waals surface area contributed by atoms with Crippen LogP contribution in [0, 0.1) is 5.82 Å². The number of nitrogens with one attached hydrogen (secondary N) is 1. The lowest BCUT2D eigenvalue weighted by Gasteiger charge is -2.16. The van der Waals surface area contributed by atoms with Gasteiger partial charge in [-0.2, -0.15) is 0 Å². The maximum Gasteiger partial charge on any atom is 0.252 e. The number of carbonyl (C=O) groups excluding carboxylic acids is 2. The first-order valence-electron chi connectivity index (χ1n) is 9.08. The summed E-state index contributed by atoms with van der Waals surface area (Å²) in [4.78, 5) is 26.1. The Labute approximate surface area is 152 Å². The molecule has 2 aliphatic rings. The van der Waals surface area contributed by atoms with Crippen molar-refractivity contribution in [2.75, 3.05) is 11.9 Å². The number of hydrogen-bond donors (Lipinski definition) is 1. The Morgan fingerprint density at radius 1 is 1.08 bits per heavy atom. The molecule has 0 bridgehead atoms. The molecule has 1 unspecified atom stereocenters. The summed E-state index contributed by atoms with van der Waals surface area (Å²) in [6, 6.07) is 12.1. The largest absolute Gasteiger partial charge is 0.373 e. The third-order valence-corrected chi connectivity index (χ3v) is 5.25. The Hall–Kier alpha value is -2.69. The molecule has 4 nitrogen and oxygen atoms in total. The fraction of sp³-hybridized carbons (Fsp3) is 0.333. The number of likely N-dealkylation sites (tertiary alicyclic amines) is 1. The second-order valence-corrected chi connectivity index (χ2v) is 6.96. The van der Waals surface area contributed by atoms with E-state index in [1.807, 2.05) is 6.07 Å². The number of fused-ring (bicyclic) bond motifs is 1. The molecular formula is C21H21FN2O2. The molecule has 1 aliphatic heterocycles. The summed E-state index contributed by atoms with van der Waals surface area (Å²) in [6.07, 6.45) is 3.82. The van der Waals surface area contributed by atoms with E-state index >= 15 is 0 Å². The smallest absolute Gasteiger partial charge is 0.252 e. The Bertz CT molecular complexity index is 865. The molecule has 1 aliphatic carbocycles. The highest BCUT2D eigenvalue weighted by Gasteiger charge is 2.38. The van der Waals surface area contributed by atoms with E-state index < -0.39 is 6.04 Å². The van der Waals surface area contributed by atoms with Crippen LogP contribution in [-0.4, -0.2) is 29.3 Å². The quantitative estimate of drug-likeness (QED) is 0.842. The number of rotatable bonds is 5. The highest BCUT2D eigenvalue weighted by Crippen LogP contribution is 2.26. The minimum absolute atomic E-state index is 0.146. The van der Waals surface area contributed by atoms with Crippen LogP contribution in [0.25, 0.3) is 0 Å². The number of hydrogen-bond acceptors (Lipinski definition) is 3. The van der Waals surface area contributed by atoms with Gasteiger partial charge in [0.25, 0.3) is 5.91 Å². The molecule has 2 amide bonds. The monoisotopic (exact) mass is 352 g/mol. The topological polar surface area (TPSA) is 49.4 Å². The number of halogens is 1. The summed E-state index contributed by atoms with van der Waals surface area (Å²) < 4.78 is 13.7. The number of imide groups is 1. The van der Waals surface area contributed by atoms with Gasteiger partial charge in [-0.3, -0.25) is 14.5 Å². The highest BCUT2D eigenvalue weighted by atomic mass is 19.1. The van der Waals surface area contributed by atoms with Gasteiger partial charge < -0.3 is 5.32 Å². The summed E-state index contributed by atoms with van der Waals surface area (Å²) >= 11 is 0. The van der Waals surface area contributed by atoms with Gasteiger partial charge in [-0.1, -0.05) is 24.3 Å². The zero-order valence-corrected chi connectivity index (χ0v) is 14.5. The molecule has 26 heavy (non-hydrogen) atoms. The van der Waals surface area contributed by atoms with Gasteiger partial charge in [0.1, 0.15) is 11.9 Å². The van der Waals surface area contributed by atoms with Crippen molar-refractivity contribution in [2.24, 2.45) is 0 Å². The average molecular weight is 352 g/mol. The number of aryl methyl sites for hydroxylation is 2. The average Bonchev–Trinajstić information content (AvgIpc) is 3.19. The van der Waals surface area contributed by atoms with Gasteiger partial charge in [0.15, 0.2) is 0 Å². The van der Waals surface area contributed by atoms with Crippen molar-refractivity contribution in [3.63, 3.8) is 0 Å². The lowest BCUT2D eigenvalue weighted by atomic mass is 10.1. The van der Waals surface area contributed by atoms with Crippen molar-refractivity contribution >= 4 is 17.5 Å². The summed E-state index contributed by atoms with van der Waals surface area (Å²) in [6.45, 7) is 0.209. The van der Waals surface area contributed by atoms with Gasteiger partial charge in [-0.25, -0.2) is 4.39 Å². The van der Waals surface area contributed by atoms with E-state index in [0.29, 0.717) is 12.0 Å². The molecular weight excluding hydrogens is 331 g/mol. The fourth-order valence-corrected chi connectivity index (χ4v) is 3.83. The Morgan fingerprint density at radius 3 is 2.73 bits per heavy atom. The molecule has 5 heteroatoms. The first-order chi connectivity index (χ1) is 12.6. The molecule has 1 N–H and O–H groups in total. The maximum atomic E-state index is 13.7. The van der Waals surface area contributed by atoms with E-state index in [1.54, 1.807) is 18.2 Å². The summed E-state index contributed by atoms with van der Waals surface area (Å²) in [5, 5.41) is 3.20. The van der Waals surface area contributed by atoms with Crippen LogP contribution in [0.15, 0.2) is 42.5 Å². The summed E-state index contributed by atoms with van der Waals surface area (Å²) in [5.74, 6) is -0.740. The minimum Gasteiger partial charge on any atom is -0.373 e. The number of nitrogens with zero attached hydrogens (tertiary/aromatic N) is 1. The normalized spacial score (nSPS) is 19.1. The molecule has 1 heterocycles. The number of carbonyl (C=O) groups is 2. The van der Waals surface area contributed by atoms with E-state index in [-0.39, 0.29) is 30.6 Å². The molecule has 1 saturated heterocycles. The molecule has 0 saturated carbocycles. The molecule has 1 atom stereocenters. The molecule has 1 fully saturated rings. The van der Waals surface area contributed by atoms with Crippen molar-refractivity contribution in [3.05, 3.63) is 65.0 Å². The number of benzene rings is 2. The van der Waals surface area contributed by atoms with Crippen LogP contribution in [0.3, 0.4) is 0 Å². The van der Waals surface area contributed by atoms with Crippen molar-refractivity contribution in [2.45, 2.75) is 38.1 Å². The Kier molecular flexibility index (Phi) is 4.45. The SMILES string of the molecule is O=C1CC(Nc2ccc3c(c2)CCC3)C(=O)N1CCc1ccccc1F. The molecule has 134 valence electrons. The lowest BCUT2D eigenvalue weighted by molar-refractivity contribution is -0.138. The number of amides is 2. The minimum atomic E-state index is -0.539. The van der Waals surface area contributed by atoms with Crippen molar-refractivity contribution < 1.29 is 14.0 Å². The zero-order chi connectivity index (χ0) is 18.1. The van der Waals surface area contributed by atoms with Gasteiger partial charge in [0, 0.05) is 12.2 Å². The summed E-state index contributed by atoms with van der Waals surface area (Å²) in [5.41, 5.74) is 4.09. The Balaban J connectivity index is 1.41. The van der Waals surface area contributed by atoms with E-state index in [1.165, 1.54) is 28.5 Å². The third kappa shape index (κ3) is 3.21. The molecule has 0 spiro atoms. The van der Waals surface area contributed by atoms with Crippen molar-refractivity contribution in [1.82, 2.24) is 4.90 Å². The van der Waals surface area contributed by atoms with Crippen LogP contribution < -0.4 is 5.32 Å². The van der Waals surface area contributed by atoms with E-state index in [9.17, 15) is 14.0 Å². The van der Waals surface area contributed by atoms with Gasteiger partial charge >= 0.3 is 0 Å². The predicted octanol–water partition coefficient (Wildman–Crippen LogP) is 3.10. The van der Waals surface area contributed by atoms with E-state index in [0.717, 1.165) is 18.5 Å². The fourth-order valence-electron chi connectivity index (χ4n) is 3.83. The van der Waals surface area contributed by atoms with Gasteiger partial charge in [0.05, 0.1) is 6.42 Å². The predicted molar refractivity (Wildman–Crippen MR) is 97.3 cm³/mol. The lowest BCUT2D eigenvalue weighted by Crippen LogP contribution is -2.36. The first kappa shape index (κ1) is 16.8. The highest BCUT2D eigenvalue weighted by molar-refractivity contribution is 6.06. The summed E-state index contributed by atoms with van der Waals surface area (Å²) in [7, 11) is 0. The van der Waals surface area contributed by atoms with Gasteiger partial charge in [-0.05, 0) is 60.6 Å². The van der Waals surface area contributed by atoms with Crippen molar-refractivity contribution in [3.8, 4) is 0 Å². The van der Waals surface area contributed by atoms with Crippen LogP contribution in [0.2, 0.25) is 0 Å². The third-order valence-electron chi connectivity index (χ3n) is 5.25. The molecule has 0 aromatic heterocycles. The van der Waals surface area contributed by atoms with E-state index in [2.05, 4.69) is 17.4 Å². The molecule has 2 aromatic rings. The maximum absolute atomic E-state index is 13.7. The zero-order valence-electron chi connectivity index (χ0n) is 14.5. The molecule has 0 radical (unpaired) electrons. The van der Waals surface area contributed by atoms with Crippen molar-refractivity contribution in [1.29, 1.82) is 0 Å². The van der Waals surface area contributed by atoms with Crippen LogP contribution >= 0.6 is 0 Å². The second kappa shape index (κ2) is 6.90. The van der Waals surface area contributed by atoms with Crippen LogP contribution in [0.4, 0.5) is 10.1 Å². The number of anilines is 1. The second-order valence-electron chi connectivity index (χ2n) is 6.96.